The van der Waals surface area contributed by atoms with Crippen LogP contribution >= 0.6 is 11.8 Å². The Kier molecular flexibility index (Phi) is 4.66. The Morgan fingerprint density at radius 2 is 1.70 bits per heavy atom. The fraction of sp³-hybridized carbons (Fsp3) is 0.312. The molecule has 1 aliphatic rings. The van der Waals surface area contributed by atoms with Gasteiger partial charge in [0.25, 0.3) is 0 Å². The highest BCUT2D eigenvalue weighted by molar-refractivity contribution is 8.00. The molecule has 1 saturated heterocycles. The SMILES string of the molecule is Nc1cc(N)nc(S[C@H](C(=O)N2CCCC2)c2ccccc2)n1. The number of nitrogens with two attached hydrogens (primary N) is 2. The van der Waals surface area contributed by atoms with Gasteiger partial charge in [-0.3, -0.25) is 4.79 Å². The number of hydrogen-bond donors (Lipinski definition) is 2. The van der Waals surface area contributed by atoms with E-state index in [9.17, 15) is 4.79 Å². The summed E-state index contributed by atoms with van der Waals surface area (Å²) in [5, 5.41) is 0.0272. The summed E-state index contributed by atoms with van der Waals surface area (Å²) < 4.78 is 0. The number of aromatic nitrogens is 2. The monoisotopic (exact) mass is 329 g/mol. The fourth-order valence-electron chi connectivity index (χ4n) is 2.61. The van der Waals surface area contributed by atoms with Crippen molar-refractivity contribution in [1.82, 2.24) is 14.9 Å². The van der Waals surface area contributed by atoms with E-state index < -0.39 is 5.25 Å². The van der Waals surface area contributed by atoms with Crippen molar-refractivity contribution in [3.63, 3.8) is 0 Å². The third-order valence-electron chi connectivity index (χ3n) is 3.71. The maximum Gasteiger partial charge on any atom is 0.240 e. The molecular weight excluding hydrogens is 310 g/mol. The quantitative estimate of drug-likeness (QED) is 0.658. The molecule has 6 nitrogen and oxygen atoms in total. The number of hydrogen-bond acceptors (Lipinski definition) is 6. The molecule has 2 aromatic rings. The highest BCUT2D eigenvalue weighted by atomic mass is 32.2. The van der Waals surface area contributed by atoms with Gasteiger partial charge in [-0.05, 0) is 18.4 Å². The van der Waals surface area contributed by atoms with E-state index in [-0.39, 0.29) is 5.91 Å². The van der Waals surface area contributed by atoms with Crippen molar-refractivity contribution in [1.29, 1.82) is 0 Å². The molecule has 120 valence electrons. The van der Waals surface area contributed by atoms with Crippen LogP contribution in [-0.4, -0.2) is 33.9 Å². The summed E-state index contributed by atoms with van der Waals surface area (Å²) in [5.41, 5.74) is 12.4. The van der Waals surface area contributed by atoms with Crippen LogP contribution in [0.1, 0.15) is 23.7 Å². The van der Waals surface area contributed by atoms with Crippen LogP contribution < -0.4 is 11.5 Å². The lowest BCUT2D eigenvalue weighted by Crippen LogP contribution is -2.31. The van der Waals surface area contributed by atoms with Gasteiger partial charge in [0.1, 0.15) is 16.9 Å². The minimum atomic E-state index is -0.393. The van der Waals surface area contributed by atoms with Gasteiger partial charge in [0.15, 0.2) is 5.16 Å². The van der Waals surface area contributed by atoms with Crippen molar-refractivity contribution >= 4 is 29.3 Å². The highest BCUT2D eigenvalue weighted by Gasteiger charge is 2.29. The molecule has 0 bridgehead atoms. The number of thioether (sulfide) groups is 1. The molecule has 0 aliphatic carbocycles. The van der Waals surface area contributed by atoms with Gasteiger partial charge < -0.3 is 16.4 Å². The summed E-state index contributed by atoms with van der Waals surface area (Å²) in [4.78, 5) is 23.2. The Bertz CT molecular complexity index is 668. The second-order valence-corrected chi connectivity index (χ2v) is 6.51. The Morgan fingerprint density at radius 3 is 2.30 bits per heavy atom. The molecule has 0 radical (unpaired) electrons. The molecule has 0 saturated carbocycles. The summed E-state index contributed by atoms with van der Waals surface area (Å²) >= 11 is 1.29. The summed E-state index contributed by atoms with van der Waals surface area (Å²) in [7, 11) is 0. The van der Waals surface area contributed by atoms with Gasteiger partial charge in [0, 0.05) is 19.2 Å². The lowest BCUT2D eigenvalue weighted by molar-refractivity contribution is -0.129. The van der Waals surface area contributed by atoms with Gasteiger partial charge in [-0.1, -0.05) is 42.1 Å². The summed E-state index contributed by atoms with van der Waals surface area (Å²) in [5.74, 6) is 0.698. The first kappa shape index (κ1) is 15.6. The molecule has 23 heavy (non-hydrogen) atoms. The average Bonchev–Trinajstić information content (AvgIpc) is 3.06. The molecule has 0 unspecified atom stereocenters. The lowest BCUT2D eigenvalue weighted by atomic mass is 10.1. The Balaban J connectivity index is 1.90. The van der Waals surface area contributed by atoms with E-state index in [0.717, 1.165) is 31.5 Å². The summed E-state index contributed by atoms with van der Waals surface area (Å²) in [6.07, 6.45) is 2.11. The maximum atomic E-state index is 12.9. The molecule has 7 heteroatoms. The number of rotatable bonds is 4. The predicted molar refractivity (Wildman–Crippen MR) is 91.7 cm³/mol. The molecule has 1 aromatic carbocycles. The number of likely N-dealkylation sites (tertiary alicyclic amines) is 1. The molecule has 0 spiro atoms. The van der Waals surface area contributed by atoms with E-state index in [4.69, 9.17) is 11.5 Å². The van der Waals surface area contributed by atoms with Crippen molar-refractivity contribution in [2.24, 2.45) is 0 Å². The van der Waals surface area contributed by atoms with Crippen LogP contribution in [0.4, 0.5) is 11.6 Å². The second kappa shape index (κ2) is 6.87. The highest BCUT2D eigenvalue weighted by Crippen LogP contribution is 2.36. The summed E-state index contributed by atoms with van der Waals surface area (Å²) in [6.45, 7) is 1.62. The molecule has 1 fully saturated rings. The Morgan fingerprint density at radius 1 is 1.09 bits per heavy atom. The first-order valence-corrected chi connectivity index (χ1v) is 8.42. The van der Waals surface area contributed by atoms with Crippen LogP contribution in [0, 0.1) is 0 Å². The number of anilines is 2. The average molecular weight is 329 g/mol. The van der Waals surface area contributed by atoms with E-state index in [0.29, 0.717) is 16.8 Å². The van der Waals surface area contributed by atoms with Crippen molar-refractivity contribution < 1.29 is 4.79 Å². The molecule has 3 rings (SSSR count). The van der Waals surface area contributed by atoms with E-state index in [1.807, 2.05) is 35.2 Å². The van der Waals surface area contributed by atoms with Crippen molar-refractivity contribution in [3.8, 4) is 0 Å². The zero-order valence-electron chi connectivity index (χ0n) is 12.7. The lowest BCUT2D eigenvalue weighted by Gasteiger charge is -2.22. The van der Waals surface area contributed by atoms with Crippen LogP contribution in [0.5, 0.6) is 0 Å². The van der Waals surface area contributed by atoms with Crippen LogP contribution in [0.25, 0.3) is 0 Å². The van der Waals surface area contributed by atoms with Crippen LogP contribution in [-0.2, 0) is 4.79 Å². The zero-order valence-corrected chi connectivity index (χ0v) is 13.5. The van der Waals surface area contributed by atoms with Crippen molar-refractivity contribution in [3.05, 3.63) is 42.0 Å². The minimum absolute atomic E-state index is 0.0864. The van der Waals surface area contributed by atoms with Crippen LogP contribution in [0.15, 0.2) is 41.6 Å². The molecule has 1 amide bonds. The van der Waals surface area contributed by atoms with Gasteiger partial charge in [-0.2, -0.15) is 0 Å². The first-order valence-electron chi connectivity index (χ1n) is 7.54. The van der Waals surface area contributed by atoms with Crippen molar-refractivity contribution in [2.75, 3.05) is 24.6 Å². The van der Waals surface area contributed by atoms with Crippen LogP contribution in [0.3, 0.4) is 0 Å². The van der Waals surface area contributed by atoms with Gasteiger partial charge in [0.05, 0.1) is 0 Å². The number of nitrogens with zero attached hydrogens (tertiary/aromatic N) is 3. The zero-order chi connectivity index (χ0) is 16.2. The van der Waals surface area contributed by atoms with Crippen molar-refractivity contribution in [2.45, 2.75) is 23.2 Å². The second-order valence-electron chi connectivity index (χ2n) is 5.44. The minimum Gasteiger partial charge on any atom is -0.383 e. The van der Waals surface area contributed by atoms with E-state index >= 15 is 0 Å². The number of amides is 1. The standard InChI is InChI=1S/C16H19N5OS/c17-12-10-13(18)20-16(19-12)23-14(11-6-2-1-3-7-11)15(22)21-8-4-5-9-21/h1-3,6-7,10,14H,4-5,8-9H2,(H4,17,18,19,20)/t14-/m0/s1. The molecule has 1 atom stereocenters. The van der Waals surface area contributed by atoms with E-state index in [2.05, 4.69) is 9.97 Å². The number of nitrogen functional groups attached to an aromatic ring is 2. The van der Waals surface area contributed by atoms with Crippen LogP contribution in [0.2, 0.25) is 0 Å². The number of carbonyl (C=O) groups excluding carboxylic acids is 1. The third kappa shape index (κ3) is 3.73. The molecular formula is C16H19N5OS. The number of carbonyl (C=O) groups is 1. The fourth-order valence-corrected chi connectivity index (χ4v) is 3.68. The van der Waals surface area contributed by atoms with Gasteiger partial charge in [-0.15, -0.1) is 0 Å². The van der Waals surface area contributed by atoms with E-state index in [1.54, 1.807) is 0 Å². The smallest absolute Gasteiger partial charge is 0.240 e. The Labute approximate surface area is 139 Å². The Hall–Kier alpha value is -2.28. The molecule has 2 heterocycles. The maximum absolute atomic E-state index is 12.9. The number of benzene rings is 1. The first-order chi connectivity index (χ1) is 11.1. The van der Waals surface area contributed by atoms with E-state index in [1.165, 1.54) is 17.8 Å². The topological polar surface area (TPSA) is 98.1 Å². The van der Waals surface area contributed by atoms with Gasteiger partial charge >= 0.3 is 0 Å². The molecule has 1 aliphatic heterocycles. The van der Waals surface area contributed by atoms with Gasteiger partial charge in [-0.25, -0.2) is 9.97 Å². The van der Waals surface area contributed by atoms with Gasteiger partial charge in [0.2, 0.25) is 5.91 Å². The molecule has 1 aromatic heterocycles. The predicted octanol–water partition coefficient (Wildman–Crippen LogP) is 2.10. The summed E-state index contributed by atoms with van der Waals surface area (Å²) in [6, 6.07) is 11.2. The molecule has 4 N–H and O–H groups in total. The largest absolute Gasteiger partial charge is 0.383 e. The third-order valence-corrected chi connectivity index (χ3v) is 4.82. The normalized spacial score (nSPS) is 15.6.